The highest BCUT2D eigenvalue weighted by Gasteiger charge is 2.32. The van der Waals surface area contributed by atoms with Crippen LogP contribution in [0.3, 0.4) is 0 Å². The lowest BCUT2D eigenvalue weighted by Gasteiger charge is -2.25. The molecule has 5 nitrogen and oxygen atoms in total. The van der Waals surface area contributed by atoms with Gasteiger partial charge in [0, 0.05) is 18.2 Å². The summed E-state index contributed by atoms with van der Waals surface area (Å²) in [6.45, 7) is 0. The van der Waals surface area contributed by atoms with Crippen LogP contribution in [0.25, 0.3) is 0 Å². The van der Waals surface area contributed by atoms with E-state index >= 15 is 0 Å². The summed E-state index contributed by atoms with van der Waals surface area (Å²) in [5.74, 6) is -1.06. The van der Waals surface area contributed by atoms with Crippen molar-refractivity contribution in [2.75, 3.05) is 14.2 Å². The molecule has 1 N–H and O–H groups in total. The van der Waals surface area contributed by atoms with Gasteiger partial charge >= 0.3 is 0 Å². The molecule has 1 fully saturated rings. The van der Waals surface area contributed by atoms with Crippen LogP contribution in [0.2, 0.25) is 0 Å². The van der Waals surface area contributed by atoms with Crippen molar-refractivity contribution in [3.63, 3.8) is 0 Å². The van der Waals surface area contributed by atoms with E-state index in [1.54, 1.807) is 12.1 Å². The molecule has 1 saturated carbocycles. The van der Waals surface area contributed by atoms with E-state index in [4.69, 9.17) is 9.47 Å². The van der Waals surface area contributed by atoms with Gasteiger partial charge in [0.1, 0.15) is 16.5 Å². The van der Waals surface area contributed by atoms with Gasteiger partial charge in [0.05, 0.1) is 14.2 Å². The van der Waals surface area contributed by atoms with E-state index < -0.39 is 32.6 Å². The van der Waals surface area contributed by atoms with Crippen molar-refractivity contribution in [3.05, 3.63) is 53.6 Å². The number of rotatable bonds is 7. The summed E-state index contributed by atoms with van der Waals surface area (Å²) >= 11 is 0. The molecule has 0 heterocycles. The van der Waals surface area contributed by atoms with Crippen molar-refractivity contribution in [1.29, 1.82) is 0 Å². The second-order valence-corrected chi connectivity index (χ2v) is 8.52. The summed E-state index contributed by atoms with van der Waals surface area (Å²) in [5, 5.41) is 0. The molecule has 1 unspecified atom stereocenters. The van der Waals surface area contributed by atoms with Gasteiger partial charge in [-0.2, -0.15) is 0 Å². The van der Waals surface area contributed by atoms with Gasteiger partial charge in [-0.15, -0.1) is 0 Å². The molecule has 28 heavy (non-hydrogen) atoms. The van der Waals surface area contributed by atoms with Crippen LogP contribution in [0.15, 0.2) is 41.3 Å². The second-order valence-electron chi connectivity index (χ2n) is 6.83. The number of ether oxygens (including phenoxy) is 2. The predicted octanol–water partition coefficient (Wildman–Crippen LogP) is 4.19. The van der Waals surface area contributed by atoms with Crippen molar-refractivity contribution in [2.45, 2.75) is 36.6 Å². The summed E-state index contributed by atoms with van der Waals surface area (Å²) in [6, 6.07) is 7.23. The summed E-state index contributed by atoms with van der Waals surface area (Å²) in [5.41, 5.74) is 0.651. The SMILES string of the molecule is COc1cc(F)c(S(=O)(=O)NC(c2ccc(F)cc2)C2CCCC2)cc1OC. The van der Waals surface area contributed by atoms with Crippen molar-refractivity contribution >= 4 is 10.0 Å². The predicted molar refractivity (Wildman–Crippen MR) is 101 cm³/mol. The van der Waals surface area contributed by atoms with Crippen molar-refractivity contribution in [1.82, 2.24) is 4.72 Å². The average molecular weight is 411 g/mol. The van der Waals surface area contributed by atoms with Gasteiger partial charge in [0.2, 0.25) is 10.0 Å². The fourth-order valence-electron chi connectivity index (χ4n) is 3.67. The summed E-state index contributed by atoms with van der Waals surface area (Å²) in [4.78, 5) is -0.518. The first kappa shape index (κ1) is 20.5. The first-order valence-electron chi connectivity index (χ1n) is 9.05. The van der Waals surface area contributed by atoms with Crippen LogP contribution in [0.5, 0.6) is 11.5 Å². The topological polar surface area (TPSA) is 64.6 Å². The number of methoxy groups -OCH3 is 2. The van der Waals surface area contributed by atoms with E-state index in [-0.39, 0.29) is 17.4 Å². The molecule has 2 aromatic rings. The van der Waals surface area contributed by atoms with E-state index in [9.17, 15) is 17.2 Å². The molecule has 0 aliphatic heterocycles. The zero-order valence-corrected chi connectivity index (χ0v) is 16.6. The van der Waals surface area contributed by atoms with Gasteiger partial charge in [0.15, 0.2) is 11.5 Å². The Morgan fingerprint density at radius 2 is 1.57 bits per heavy atom. The molecule has 0 amide bonds. The fourth-order valence-corrected chi connectivity index (χ4v) is 5.04. The number of halogens is 2. The minimum absolute atomic E-state index is 0.0587. The van der Waals surface area contributed by atoms with Crippen LogP contribution in [-0.2, 0) is 10.0 Å². The van der Waals surface area contributed by atoms with Crippen LogP contribution in [0, 0.1) is 17.6 Å². The number of sulfonamides is 1. The van der Waals surface area contributed by atoms with Crippen molar-refractivity contribution in [2.24, 2.45) is 5.92 Å². The third-order valence-electron chi connectivity index (χ3n) is 5.11. The Labute approximate surface area is 163 Å². The van der Waals surface area contributed by atoms with E-state index in [2.05, 4.69) is 4.72 Å². The Balaban J connectivity index is 1.98. The quantitative estimate of drug-likeness (QED) is 0.742. The monoisotopic (exact) mass is 411 g/mol. The lowest BCUT2D eigenvalue weighted by atomic mass is 9.92. The summed E-state index contributed by atoms with van der Waals surface area (Å²) in [6.07, 6.45) is 3.68. The first-order valence-corrected chi connectivity index (χ1v) is 10.5. The highest BCUT2D eigenvalue weighted by molar-refractivity contribution is 7.89. The number of hydrogen-bond donors (Lipinski definition) is 1. The maximum absolute atomic E-state index is 14.5. The lowest BCUT2D eigenvalue weighted by Crippen LogP contribution is -2.33. The maximum Gasteiger partial charge on any atom is 0.244 e. The fraction of sp³-hybridized carbons (Fsp3) is 0.400. The molecule has 1 aliphatic carbocycles. The Morgan fingerprint density at radius 3 is 2.14 bits per heavy atom. The van der Waals surface area contributed by atoms with Crippen molar-refractivity contribution < 1.29 is 26.7 Å². The van der Waals surface area contributed by atoms with Crippen LogP contribution in [0.4, 0.5) is 8.78 Å². The van der Waals surface area contributed by atoms with Gasteiger partial charge in [0.25, 0.3) is 0 Å². The minimum Gasteiger partial charge on any atom is -0.493 e. The van der Waals surface area contributed by atoms with E-state index in [0.29, 0.717) is 5.56 Å². The Hall–Kier alpha value is -2.19. The van der Waals surface area contributed by atoms with Gasteiger partial charge in [-0.3, -0.25) is 0 Å². The van der Waals surface area contributed by atoms with E-state index in [1.807, 2.05) is 0 Å². The molecule has 152 valence electrons. The third kappa shape index (κ3) is 4.28. The van der Waals surface area contributed by atoms with Crippen LogP contribution >= 0.6 is 0 Å². The molecule has 1 aliphatic rings. The van der Waals surface area contributed by atoms with Gasteiger partial charge in [-0.05, 0) is 36.5 Å². The Kier molecular flexibility index (Phi) is 6.20. The van der Waals surface area contributed by atoms with Gasteiger partial charge < -0.3 is 9.47 Å². The minimum atomic E-state index is -4.20. The molecule has 0 saturated heterocycles. The van der Waals surface area contributed by atoms with Crippen LogP contribution in [0.1, 0.15) is 37.3 Å². The zero-order chi connectivity index (χ0) is 20.3. The summed E-state index contributed by atoms with van der Waals surface area (Å²) < 4.78 is 66.6. The Morgan fingerprint density at radius 1 is 1.00 bits per heavy atom. The molecule has 2 aromatic carbocycles. The molecule has 1 atom stereocenters. The number of nitrogens with one attached hydrogen (secondary N) is 1. The molecule has 3 rings (SSSR count). The molecule has 0 radical (unpaired) electrons. The highest BCUT2D eigenvalue weighted by Crippen LogP contribution is 2.38. The normalized spacial score (nSPS) is 16.1. The maximum atomic E-state index is 14.5. The van der Waals surface area contributed by atoms with Crippen molar-refractivity contribution in [3.8, 4) is 11.5 Å². The molecule has 0 bridgehead atoms. The molecule has 8 heteroatoms. The van der Waals surface area contributed by atoms with Gasteiger partial charge in [-0.25, -0.2) is 21.9 Å². The first-order chi connectivity index (χ1) is 13.4. The Bertz CT molecular complexity index is 926. The van der Waals surface area contributed by atoms with E-state index in [0.717, 1.165) is 37.8 Å². The summed E-state index contributed by atoms with van der Waals surface area (Å²) in [7, 11) is -1.51. The number of benzene rings is 2. The van der Waals surface area contributed by atoms with Crippen LogP contribution in [-0.4, -0.2) is 22.6 Å². The standard InChI is InChI=1S/C20H23F2NO4S/c1-26-17-11-16(22)19(12-18(17)27-2)28(24,25)23-20(13-5-3-4-6-13)14-7-9-15(21)10-8-14/h7-13,20,23H,3-6H2,1-2H3. The third-order valence-corrected chi connectivity index (χ3v) is 6.57. The van der Waals surface area contributed by atoms with Crippen LogP contribution < -0.4 is 14.2 Å². The average Bonchev–Trinajstić information content (AvgIpc) is 3.21. The molecular formula is C20H23F2NO4S. The zero-order valence-electron chi connectivity index (χ0n) is 15.7. The second kappa shape index (κ2) is 8.45. The molecular weight excluding hydrogens is 388 g/mol. The number of hydrogen-bond acceptors (Lipinski definition) is 4. The largest absolute Gasteiger partial charge is 0.493 e. The van der Waals surface area contributed by atoms with E-state index in [1.165, 1.54) is 26.4 Å². The highest BCUT2D eigenvalue weighted by atomic mass is 32.2. The lowest BCUT2D eigenvalue weighted by molar-refractivity contribution is 0.350. The molecule has 0 spiro atoms. The smallest absolute Gasteiger partial charge is 0.244 e. The van der Waals surface area contributed by atoms with Gasteiger partial charge in [-0.1, -0.05) is 25.0 Å². The molecule has 0 aromatic heterocycles.